The number of benzene rings is 2. The Morgan fingerprint density at radius 2 is 1.82 bits per heavy atom. The van der Waals surface area contributed by atoms with E-state index in [4.69, 9.17) is 4.18 Å². The molecule has 2 aromatic carbocycles. The summed E-state index contributed by atoms with van der Waals surface area (Å²) in [6, 6.07) is 14.8. The summed E-state index contributed by atoms with van der Waals surface area (Å²) in [5.74, 6) is 0.812. The average molecular weight is 316 g/mol. The zero-order valence-corrected chi connectivity index (χ0v) is 13.1. The Morgan fingerprint density at radius 1 is 1.09 bits per heavy atom. The predicted molar refractivity (Wildman–Crippen MR) is 85.0 cm³/mol. The molecule has 0 amide bonds. The topological polar surface area (TPSA) is 72.0 Å². The van der Waals surface area contributed by atoms with E-state index >= 15 is 0 Å². The van der Waals surface area contributed by atoms with E-state index in [2.05, 4.69) is 9.97 Å². The Hall–Kier alpha value is -2.18. The van der Waals surface area contributed by atoms with Gasteiger partial charge in [0.05, 0.1) is 17.3 Å². The SMILES string of the molecule is Cc1nc2cc(C(OS(C)(=O)=O)c3ccccc3)ccc2[nH]1. The summed E-state index contributed by atoms with van der Waals surface area (Å²) in [5.41, 5.74) is 3.22. The summed E-state index contributed by atoms with van der Waals surface area (Å²) in [6.45, 7) is 1.88. The van der Waals surface area contributed by atoms with Crippen LogP contribution in [0.3, 0.4) is 0 Å². The molecule has 3 rings (SSSR count). The highest BCUT2D eigenvalue weighted by Crippen LogP contribution is 2.29. The summed E-state index contributed by atoms with van der Waals surface area (Å²) in [7, 11) is -3.60. The number of H-pyrrole nitrogens is 1. The maximum atomic E-state index is 11.6. The van der Waals surface area contributed by atoms with E-state index in [1.165, 1.54) is 0 Å². The highest BCUT2D eigenvalue weighted by molar-refractivity contribution is 7.86. The maximum absolute atomic E-state index is 11.6. The monoisotopic (exact) mass is 316 g/mol. The quantitative estimate of drug-likeness (QED) is 0.751. The number of aromatic nitrogens is 2. The van der Waals surface area contributed by atoms with Gasteiger partial charge in [0.1, 0.15) is 11.9 Å². The first kappa shape index (κ1) is 14.7. The molecule has 6 heteroatoms. The Morgan fingerprint density at radius 3 is 2.50 bits per heavy atom. The van der Waals surface area contributed by atoms with Crippen molar-refractivity contribution < 1.29 is 12.6 Å². The number of rotatable bonds is 4. The van der Waals surface area contributed by atoms with Crippen molar-refractivity contribution in [2.45, 2.75) is 13.0 Å². The molecule has 0 spiro atoms. The molecule has 114 valence electrons. The van der Waals surface area contributed by atoms with Crippen molar-refractivity contribution in [3.05, 3.63) is 65.5 Å². The minimum Gasteiger partial charge on any atom is -0.342 e. The summed E-state index contributed by atoms with van der Waals surface area (Å²) >= 11 is 0. The van der Waals surface area contributed by atoms with Gasteiger partial charge in [-0.1, -0.05) is 36.4 Å². The first-order chi connectivity index (χ1) is 10.4. The van der Waals surface area contributed by atoms with E-state index in [1.54, 1.807) is 0 Å². The van der Waals surface area contributed by atoms with Crippen LogP contribution < -0.4 is 0 Å². The lowest BCUT2D eigenvalue weighted by molar-refractivity contribution is 0.256. The summed E-state index contributed by atoms with van der Waals surface area (Å²) in [4.78, 5) is 7.53. The molecule has 1 heterocycles. The molecule has 1 aromatic heterocycles. The lowest BCUT2D eigenvalue weighted by Gasteiger charge is -2.17. The van der Waals surface area contributed by atoms with E-state index < -0.39 is 16.2 Å². The van der Waals surface area contributed by atoms with Crippen LogP contribution in [0, 0.1) is 6.92 Å². The predicted octanol–water partition coefficient (Wildman–Crippen LogP) is 2.94. The van der Waals surface area contributed by atoms with Crippen LogP contribution in [0.2, 0.25) is 0 Å². The first-order valence-corrected chi connectivity index (χ1v) is 8.63. The number of fused-ring (bicyclic) bond motifs is 1. The average Bonchev–Trinajstić information content (AvgIpc) is 2.84. The molecule has 0 saturated carbocycles. The van der Waals surface area contributed by atoms with Crippen molar-refractivity contribution in [3.63, 3.8) is 0 Å². The van der Waals surface area contributed by atoms with Crippen LogP contribution in [0.15, 0.2) is 48.5 Å². The fourth-order valence-corrected chi connectivity index (χ4v) is 2.99. The van der Waals surface area contributed by atoms with Gasteiger partial charge in [-0.15, -0.1) is 0 Å². The molecular weight excluding hydrogens is 300 g/mol. The van der Waals surface area contributed by atoms with E-state index in [0.717, 1.165) is 34.2 Å². The minimum atomic E-state index is -3.60. The zero-order valence-electron chi connectivity index (χ0n) is 12.3. The van der Waals surface area contributed by atoms with E-state index in [0.29, 0.717) is 0 Å². The molecular formula is C16H16N2O3S. The van der Waals surface area contributed by atoms with E-state index in [9.17, 15) is 8.42 Å². The third-order valence-corrected chi connectivity index (χ3v) is 3.84. The number of aromatic amines is 1. The maximum Gasteiger partial charge on any atom is 0.265 e. The smallest absolute Gasteiger partial charge is 0.265 e. The molecule has 0 fully saturated rings. The lowest BCUT2D eigenvalue weighted by Crippen LogP contribution is -2.11. The molecule has 1 N–H and O–H groups in total. The van der Waals surface area contributed by atoms with Crippen LogP contribution in [0.4, 0.5) is 0 Å². The third kappa shape index (κ3) is 3.18. The summed E-state index contributed by atoms with van der Waals surface area (Å²) in [6.07, 6.45) is 0.373. The minimum absolute atomic E-state index is 0.683. The van der Waals surface area contributed by atoms with Gasteiger partial charge in [0, 0.05) is 0 Å². The fourth-order valence-electron chi connectivity index (χ4n) is 2.42. The number of hydrogen-bond donors (Lipinski definition) is 1. The second-order valence-electron chi connectivity index (χ2n) is 5.19. The van der Waals surface area contributed by atoms with Crippen molar-refractivity contribution in [1.82, 2.24) is 9.97 Å². The normalized spacial score (nSPS) is 13.4. The third-order valence-electron chi connectivity index (χ3n) is 3.30. The van der Waals surface area contributed by atoms with Gasteiger partial charge in [-0.05, 0) is 30.2 Å². The number of nitrogens with zero attached hydrogens (tertiary/aromatic N) is 1. The van der Waals surface area contributed by atoms with Gasteiger partial charge in [-0.3, -0.25) is 4.18 Å². The molecule has 0 saturated heterocycles. The van der Waals surface area contributed by atoms with Crippen molar-refractivity contribution >= 4 is 21.2 Å². The van der Waals surface area contributed by atoms with Crippen LogP contribution in [0.25, 0.3) is 11.0 Å². The van der Waals surface area contributed by atoms with Crippen molar-refractivity contribution in [2.24, 2.45) is 0 Å². The van der Waals surface area contributed by atoms with Gasteiger partial charge >= 0.3 is 0 Å². The molecule has 0 aliphatic carbocycles. The molecule has 3 aromatic rings. The summed E-state index contributed by atoms with van der Waals surface area (Å²) in [5, 5.41) is 0. The molecule has 22 heavy (non-hydrogen) atoms. The Balaban J connectivity index is 2.10. The van der Waals surface area contributed by atoms with Crippen LogP contribution in [0.5, 0.6) is 0 Å². The molecule has 5 nitrogen and oxygen atoms in total. The molecule has 1 unspecified atom stereocenters. The molecule has 0 aliphatic heterocycles. The molecule has 0 radical (unpaired) electrons. The second-order valence-corrected chi connectivity index (χ2v) is 6.79. The summed E-state index contributed by atoms with van der Waals surface area (Å²) < 4.78 is 28.5. The van der Waals surface area contributed by atoms with Gasteiger partial charge in [0.25, 0.3) is 10.1 Å². The van der Waals surface area contributed by atoms with Crippen LogP contribution >= 0.6 is 0 Å². The van der Waals surface area contributed by atoms with Gasteiger partial charge in [-0.2, -0.15) is 8.42 Å². The Kier molecular flexibility index (Phi) is 3.72. The molecule has 1 atom stereocenters. The van der Waals surface area contributed by atoms with Gasteiger partial charge in [0.15, 0.2) is 0 Å². The van der Waals surface area contributed by atoms with Crippen LogP contribution in [-0.4, -0.2) is 24.6 Å². The molecule has 0 bridgehead atoms. The van der Waals surface area contributed by atoms with E-state index in [-0.39, 0.29) is 0 Å². The zero-order chi connectivity index (χ0) is 15.7. The van der Waals surface area contributed by atoms with E-state index in [1.807, 2.05) is 55.5 Å². The number of aryl methyl sites for hydroxylation is 1. The Labute approximate surface area is 129 Å². The highest BCUT2D eigenvalue weighted by atomic mass is 32.2. The number of imidazole rings is 1. The van der Waals surface area contributed by atoms with Gasteiger partial charge in [0.2, 0.25) is 0 Å². The van der Waals surface area contributed by atoms with Gasteiger partial charge in [-0.25, -0.2) is 4.98 Å². The van der Waals surface area contributed by atoms with Crippen molar-refractivity contribution in [1.29, 1.82) is 0 Å². The van der Waals surface area contributed by atoms with Crippen LogP contribution in [0.1, 0.15) is 23.1 Å². The first-order valence-electron chi connectivity index (χ1n) is 6.82. The number of nitrogens with one attached hydrogen (secondary N) is 1. The highest BCUT2D eigenvalue weighted by Gasteiger charge is 2.20. The van der Waals surface area contributed by atoms with Crippen molar-refractivity contribution in [2.75, 3.05) is 6.26 Å². The standard InChI is InChI=1S/C16H16N2O3S/c1-11-17-14-9-8-13(10-15(14)18-11)16(21-22(2,19)20)12-6-4-3-5-7-12/h3-10,16H,1-2H3,(H,17,18). The van der Waals surface area contributed by atoms with Gasteiger partial charge < -0.3 is 4.98 Å². The van der Waals surface area contributed by atoms with Crippen molar-refractivity contribution in [3.8, 4) is 0 Å². The molecule has 0 aliphatic rings. The lowest BCUT2D eigenvalue weighted by atomic mass is 10.0. The fraction of sp³-hybridized carbons (Fsp3) is 0.188. The van der Waals surface area contributed by atoms with Crippen LogP contribution in [-0.2, 0) is 14.3 Å². The number of hydrogen-bond acceptors (Lipinski definition) is 4. The largest absolute Gasteiger partial charge is 0.342 e. The Bertz CT molecular complexity index is 902. The second kappa shape index (κ2) is 5.55.